The van der Waals surface area contributed by atoms with E-state index in [1.54, 1.807) is 16.6 Å². The SMILES string of the molecule is Cc1nn2ccc(-c3ccccc3)cc2c1C(=O)CCc1ccc(N2CCC(c3ccc(OC(F)(F)F)cc3)CC2)cc1. The molecule has 0 atom stereocenters. The number of benzene rings is 3. The van der Waals surface area contributed by atoms with Crippen molar-refractivity contribution >= 4 is 17.0 Å². The second-order valence-electron chi connectivity index (χ2n) is 11.0. The van der Waals surface area contributed by atoms with Crippen LogP contribution in [0.25, 0.3) is 16.6 Å². The number of fused-ring (bicyclic) bond motifs is 1. The summed E-state index contributed by atoms with van der Waals surface area (Å²) in [5.74, 6) is 0.192. The maximum absolute atomic E-state index is 13.4. The molecule has 5 nitrogen and oxygen atoms in total. The lowest BCUT2D eigenvalue weighted by Gasteiger charge is -2.34. The molecule has 1 fully saturated rings. The second kappa shape index (κ2) is 12.0. The van der Waals surface area contributed by atoms with Crippen LogP contribution < -0.4 is 9.64 Å². The van der Waals surface area contributed by atoms with E-state index in [0.29, 0.717) is 24.3 Å². The van der Waals surface area contributed by atoms with Crippen molar-refractivity contribution in [1.29, 1.82) is 0 Å². The van der Waals surface area contributed by atoms with Crippen molar-refractivity contribution in [3.05, 3.63) is 120 Å². The van der Waals surface area contributed by atoms with E-state index in [9.17, 15) is 18.0 Å². The summed E-state index contributed by atoms with van der Waals surface area (Å²) in [5, 5.41) is 4.57. The zero-order valence-corrected chi connectivity index (χ0v) is 23.8. The Kier molecular flexibility index (Phi) is 7.93. The minimum Gasteiger partial charge on any atom is -0.406 e. The third kappa shape index (κ3) is 6.58. The van der Waals surface area contributed by atoms with Gasteiger partial charge in [-0.05, 0) is 90.8 Å². The van der Waals surface area contributed by atoms with Gasteiger partial charge in [-0.2, -0.15) is 5.10 Å². The summed E-state index contributed by atoms with van der Waals surface area (Å²) >= 11 is 0. The van der Waals surface area contributed by atoms with Crippen molar-refractivity contribution in [2.45, 2.75) is 44.9 Å². The average molecular weight is 584 g/mol. The first kappa shape index (κ1) is 28.5. The number of carbonyl (C=O) groups is 1. The van der Waals surface area contributed by atoms with E-state index in [2.05, 4.69) is 51.1 Å². The van der Waals surface area contributed by atoms with Crippen LogP contribution >= 0.6 is 0 Å². The summed E-state index contributed by atoms with van der Waals surface area (Å²) in [6.07, 6.45) is 0.104. The highest BCUT2D eigenvalue weighted by Crippen LogP contribution is 2.33. The number of carbonyl (C=O) groups excluding carboxylic acids is 1. The number of halogens is 3. The Morgan fingerprint density at radius 3 is 2.28 bits per heavy atom. The van der Waals surface area contributed by atoms with Gasteiger partial charge in [-0.15, -0.1) is 13.2 Å². The Morgan fingerprint density at radius 2 is 1.60 bits per heavy atom. The van der Waals surface area contributed by atoms with Crippen molar-refractivity contribution in [3.8, 4) is 16.9 Å². The average Bonchev–Trinajstić information content (AvgIpc) is 3.35. The lowest BCUT2D eigenvalue weighted by Crippen LogP contribution is -2.32. The molecular formula is C35H32F3N3O2. The lowest BCUT2D eigenvalue weighted by molar-refractivity contribution is -0.274. The van der Waals surface area contributed by atoms with Crippen molar-refractivity contribution in [2.75, 3.05) is 18.0 Å². The number of hydrogen-bond acceptors (Lipinski definition) is 4. The van der Waals surface area contributed by atoms with Crippen molar-refractivity contribution < 1.29 is 22.7 Å². The molecule has 8 heteroatoms. The number of pyridine rings is 1. The highest BCUT2D eigenvalue weighted by atomic mass is 19.4. The lowest BCUT2D eigenvalue weighted by atomic mass is 9.89. The molecule has 1 aliphatic rings. The number of aromatic nitrogens is 2. The van der Waals surface area contributed by atoms with Crippen LogP contribution in [0.15, 0.2) is 97.2 Å². The van der Waals surface area contributed by atoms with E-state index in [1.165, 1.54) is 12.1 Å². The maximum atomic E-state index is 13.4. The van der Waals surface area contributed by atoms with Gasteiger partial charge in [0.1, 0.15) is 5.75 Å². The third-order valence-corrected chi connectivity index (χ3v) is 8.22. The monoisotopic (exact) mass is 583 g/mol. The Hall–Kier alpha value is -4.59. The van der Waals surface area contributed by atoms with Crippen LogP contribution in [0.1, 0.15) is 52.4 Å². The number of Topliss-reactive ketones (excluding diaryl/α,β-unsaturated/α-hetero) is 1. The van der Waals surface area contributed by atoms with Crippen LogP contribution in [0.2, 0.25) is 0 Å². The van der Waals surface area contributed by atoms with Gasteiger partial charge in [-0.3, -0.25) is 4.79 Å². The standard InChI is InChI=1S/C35H32F3N3O2/c1-24-34(32-23-29(19-22-41(32)39-24)26-5-3-2-4-6-26)33(42)16-9-25-7-12-30(13-8-25)40-20-17-28(18-21-40)27-10-14-31(15-11-27)43-35(36,37)38/h2-8,10-15,19,22-23,28H,9,16-18,20-21H2,1H3. The number of rotatable bonds is 8. The molecular weight excluding hydrogens is 551 g/mol. The van der Waals surface area contributed by atoms with Gasteiger partial charge in [0.25, 0.3) is 0 Å². The molecule has 1 aliphatic heterocycles. The Balaban J connectivity index is 1.05. The molecule has 3 heterocycles. The Bertz CT molecular complexity index is 1700. The number of ketones is 1. The molecule has 0 radical (unpaired) electrons. The molecule has 0 amide bonds. The van der Waals surface area contributed by atoms with E-state index in [1.807, 2.05) is 43.5 Å². The summed E-state index contributed by atoms with van der Waals surface area (Å²) in [6, 6.07) is 28.8. The van der Waals surface area contributed by atoms with Crippen LogP contribution in [0.3, 0.4) is 0 Å². The van der Waals surface area contributed by atoms with Crippen LogP contribution in [0.5, 0.6) is 5.75 Å². The molecule has 1 saturated heterocycles. The Morgan fingerprint density at radius 1 is 0.907 bits per heavy atom. The van der Waals surface area contributed by atoms with E-state index in [0.717, 1.165) is 65.1 Å². The number of hydrogen-bond donors (Lipinski definition) is 0. The van der Waals surface area contributed by atoms with Crippen LogP contribution in [0.4, 0.5) is 18.9 Å². The van der Waals surface area contributed by atoms with E-state index >= 15 is 0 Å². The number of alkyl halides is 3. The van der Waals surface area contributed by atoms with Crippen molar-refractivity contribution in [3.63, 3.8) is 0 Å². The molecule has 0 aliphatic carbocycles. The zero-order chi connectivity index (χ0) is 30.0. The summed E-state index contributed by atoms with van der Waals surface area (Å²) in [6.45, 7) is 3.61. The van der Waals surface area contributed by atoms with E-state index < -0.39 is 6.36 Å². The predicted molar refractivity (Wildman–Crippen MR) is 162 cm³/mol. The number of aryl methyl sites for hydroxylation is 2. The van der Waals surface area contributed by atoms with Crippen LogP contribution in [-0.4, -0.2) is 34.8 Å². The molecule has 5 aromatic rings. The molecule has 0 saturated carbocycles. The van der Waals surface area contributed by atoms with Crippen LogP contribution in [-0.2, 0) is 6.42 Å². The molecule has 220 valence electrons. The third-order valence-electron chi connectivity index (χ3n) is 8.22. The summed E-state index contributed by atoms with van der Waals surface area (Å²) in [5.41, 5.74) is 7.66. The number of nitrogens with zero attached hydrogens (tertiary/aromatic N) is 3. The van der Waals surface area contributed by atoms with Gasteiger partial charge < -0.3 is 9.64 Å². The summed E-state index contributed by atoms with van der Waals surface area (Å²) < 4.78 is 43.1. The normalized spacial score (nSPS) is 14.3. The van der Waals surface area contributed by atoms with Gasteiger partial charge in [0.15, 0.2) is 5.78 Å². The second-order valence-corrected chi connectivity index (χ2v) is 11.0. The van der Waals surface area contributed by atoms with Crippen molar-refractivity contribution in [1.82, 2.24) is 9.61 Å². The van der Waals surface area contributed by atoms with Gasteiger partial charge in [0.2, 0.25) is 0 Å². The molecule has 43 heavy (non-hydrogen) atoms. The molecule has 6 rings (SSSR count). The first-order valence-electron chi connectivity index (χ1n) is 14.5. The molecule has 0 unspecified atom stereocenters. The van der Waals surface area contributed by atoms with Gasteiger partial charge in [0, 0.05) is 31.4 Å². The number of ether oxygens (including phenoxy) is 1. The summed E-state index contributed by atoms with van der Waals surface area (Å²) in [4.78, 5) is 15.7. The number of anilines is 1. The first-order valence-corrected chi connectivity index (χ1v) is 14.5. The highest BCUT2D eigenvalue weighted by molar-refractivity contribution is 6.04. The predicted octanol–water partition coefficient (Wildman–Crippen LogP) is 8.41. The highest BCUT2D eigenvalue weighted by Gasteiger charge is 2.31. The fourth-order valence-corrected chi connectivity index (χ4v) is 5.99. The van der Waals surface area contributed by atoms with E-state index in [-0.39, 0.29) is 11.5 Å². The quantitative estimate of drug-likeness (QED) is 0.172. The fourth-order valence-electron chi connectivity index (χ4n) is 5.99. The van der Waals surface area contributed by atoms with Gasteiger partial charge >= 0.3 is 6.36 Å². The first-order chi connectivity index (χ1) is 20.7. The molecule has 0 bridgehead atoms. The Labute approximate surface area is 248 Å². The largest absolute Gasteiger partial charge is 0.573 e. The molecule has 3 aromatic carbocycles. The van der Waals surface area contributed by atoms with Crippen LogP contribution in [0, 0.1) is 6.92 Å². The summed E-state index contributed by atoms with van der Waals surface area (Å²) in [7, 11) is 0. The van der Waals surface area contributed by atoms with Gasteiger partial charge in [-0.1, -0.05) is 54.6 Å². The topological polar surface area (TPSA) is 46.8 Å². The minimum absolute atomic E-state index is 0.0851. The minimum atomic E-state index is -4.68. The van der Waals surface area contributed by atoms with Gasteiger partial charge in [0.05, 0.1) is 16.8 Å². The molecule has 0 N–H and O–H groups in total. The number of piperidine rings is 1. The van der Waals surface area contributed by atoms with E-state index in [4.69, 9.17) is 0 Å². The van der Waals surface area contributed by atoms with Crippen molar-refractivity contribution in [2.24, 2.45) is 0 Å². The maximum Gasteiger partial charge on any atom is 0.573 e. The molecule has 2 aromatic heterocycles. The fraction of sp³-hybridized carbons (Fsp3) is 0.257. The zero-order valence-electron chi connectivity index (χ0n) is 23.8. The van der Waals surface area contributed by atoms with Gasteiger partial charge in [-0.25, -0.2) is 4.52 Å². The smallest absolute Gasteiger partial charge is 0.406 e. The molecule has 0 spiro atoms.